The lowest BCUT2D eigenvalue weighted by Crippen LogP contribution is -2.31. The Bertz CT molecular complexity index is 74.7. The minimum Gasteiger partial charge on any atom is -0.319 e. The van der Waals surface area contributed by atoms with Crippen LogP contribution in [0.4, 0.5) is 0 Å². The van der Waals surface area contributed by atoms with Crippen molar-refractivity contribution in [3.63, 3.8) is 0 Å². The molecule has 0 aromatic carbocycles. The van der Waals surface area contributed by atoms with Crippen molar-refractivity contribution < 1.29 is 0 Å². The Morgan fingerprint density at radius 2 is 2.00 bits per heavy atom. The van der Waals surface area contributed by atoms with Crippen molar-refractivity contribution in [1.29, 1.82) is 0 Å². The van der Waals surface area contributed by atoms with Crippen LogP contribution in [0, 0.1) is 11.8 Å². The smallest absolute Gasteiger partial charge is 0.00233 e. The molecule has 1 N–H and O–H groups in total. The van der Waals surface area contributed by atoms with E-state index in [1.807, 2.05) is 7.05 Å². The average molecular weight is 141 g/mol. The Morgan fingerprint density at radius 1 is 1.30 bits per heavy atom. The van der Waals surface area contributed by atoms with Crippen LogP contribution >= 0.6 is 0 Å². The predicted molar refractivity (Wildman–Crippen MR) is 45.0 cm³/mol. The molecule has 0 radical (unpaired) electrons. The molecule has 0 aromatic heterocycles. The largest absolute Gasteiger partial charge is 0.319 e. The van der Waals surface area contributed by atoms with Gasteiger partial charge in [-0.25, -0.2) is 0 Å². The Hall–Kier alpha value is -0.0400. The van der Waals surface area contributed by atoms with Crippen molar-refractivity contribution >= 4 is 0 Å². The van der Waals surface area contributed by atoms with Gasteiger partial charge in [0.1, 0.15) is 0 Å². The summed E-state index contributed by atoms with van der Waals surface area (Å²) in [6, 6.07) is 0. The van der Waals surface area contributed by atoms with Crippen molar-refractivity contribution in [2.75, 3.05) is 13.6 Å². The second kappa shape index (κ2) is 3.97. The lowest BCUT2D eigenvalue weighted by Gasteiger charge is -2.35. The zero-order valence-electron chi connectivity index (χ0n) is 7.19. The highest BCUT2D eigenvalue weighted by Crippen LogP contribution is 2.35. The molecule has 1 heteroatoms. The first-order valence-electron chi connectivity index (χ1n) is 4.51. The van der Waals surface area contributed by atoms with Crippen LogP contribution < -0.4 is 5.32 Å². The molecule has 0 aliphatic heterocycles. The van der Waals surface area contributed by atoms with Gasteiger partial charge in [0.15, 0.2) is 0 Å². The van der Waals surface area contributed by atoms with Crippen LogP contribution in [-0.4, -0.2) is 13.6 Å². The Morgan fingerprint density at radius 3 is 2.50 bits per heavy atom. The van der Waals surface area contributed by atoms with E-state index in [2.05, 4.69) is 12.2 Å². The normalized spacial score (nSPS) is 31.8. The molecule has 0 unspecified atom stereocenters. The lowest BCUT2D eigenvalue weighted by molar-refractivity contribution is 0.179. The van der Waals surface area contributed by atoms with Gasteiger partial charge in [0.2, 0.25) is 0 Å². The summed E-state index contributed by atoms with van der Waals surface area (Å²) in [5.41, 5.74) is 0. The third-order valence-corrected chi connectivity index (χ3v) is 2.52. The molecule has 0 bridgehead atoms. The number of rotatable bonds is 4. The van der Waals surface area contributed by atoms with E-state index in [9.17, 15) is 0 Å². The van der Waals surface area contributed by atoms with E-state index in [0.29, 0.717) is 0 Å². The summed E-state index contributed by atoms with van der Waals surface area (Å²) in [6.45, 7) is 3.52. The van der Waals surface area contributed by atoms with Gasteiger partial charge in [-0.3, -0.25) is 0 Å². The summed E-state index contributed by atoms with van der Waals surface area (Å²) in [6.07, 6.45) is 5.79. The third kappa shape index (κ3) is 1.98. The number of nitrogens with one attached hydrogen (secondary N) is 1. The molecule has 10 heavy (non-hydrogen) atoms. The van der Waals surface area contributed by atoms with Crippen LogP contribution in [0.1, 0.15) is 32.6 Å². The highest BCUT2D eigenvalue weighted by molar-refractivity contribution is 4.79. The van der Waals surface area contributed by atoms with Crippen LogP contribution in [0.25, 0.3) is 0 Å². The van der Waals surface area contributed by atoms with Crippen molar-refractivity contribution in [3.8, 4) is 0 Å². The maximum atomic E-state index is 3.23. The fraction of sp³-hybridized carbons (Fsp3) is 1.00. The summed E-state index contributed by atoms with van der Waals surface area (Å²) in [5.74, 6) is 2.07. The average Bonchev–Trinajstić information content (AvgIpc) is 1.84. The van der Waals surface area contributed by atoms with Gasteiger partial charge in [-0.1, -0.05) is 19.8 Å². The minimum absolute atomic E-state index is 1.00. The van der Waals surface area contributed by atoms with Gasteiger partial charge in [-0.2, -0.15) is 0 Å². The fourth-order valence-corrected chi connectivity index (χ4v) is 1.97. The summed E-state index contributed by atoms with van der Waals surface area (Å²) < 4.78 is 0. The van der Waals surface area contributed by atoms with Gasteiger partial charge in [-0.05, 0) is 38.3 Å². The second-order valence-electron chi connectivity index (χ2n) is 3.55. The van der Waals surface area contributed by atoms with E-state index < -0.39 is 0 Å². The van der Waals surface area contributed by atoms with Gasteiger partial charge in [0, 0.05) is 0 Å². The van der Waals surface area contributed by atoms with E-state index in [4.69, 9.17) is 0 Å². The molecule has 1 fully saturated rings. The molecule has 1 saturated carbocycles. The van der Waals surface area contributed by atoms with E-state index in [-0.39, 0.29) is 0 Å². The molecule has 0 atom stereocenters. The molecule has 1 nitrogen and oxygen atoms in total. The minimum atomic E-state index is 1.00. The SMILES string of the molecule is CCCC1CC(CNC)C1. The molecular weight excluding hydrogens is 122 g/mol. The summed E-state index contributed by atoms with van der Waals surface area (Å²) in [5, 5.41) is 3.23. The summed E-state index contributed by atoms with van der Waals surface area (Å²) >= 11 is 0. The first-order chi connectivity index (χ1) is 4.86. The van der Waals surface area contributed by atoms with Crippen molar-refractivity contribution in [2.45, 2.75) is 32.6 Å². The summed E-state index contributed by atoms with van der Waals surface area (Å²) in [7, 11) is 2.05. The highest BCUT2D eigenvalue weighted by Gasteiger charge is 2.26. The van der Waals surface area contributed by atoms with Gasteiger partial charge in [0.05, 0.1) is 0 Å². The van der Waals surface area contributed by atoms with E-state index in [1.165, 1.54) is 32.2 Å². The van der Waals surface area contributed by atoms with E-state index in [0.717, 1.165) is 11.8 Å². The second-order valence-corrected chi connectivity index (χ2v) is 3.55. The topological polar surface area (TPSA) is 12.0 Å². The number of hydrogen-bond donors (Lipinski definition) is 1. The first kappa shape index (κ1) is 8.06. The Balaban J connectivity index is 1.95. The van der Waals surface area contributed by atoms with Crippen LogP contribution in [0.2, 0.25) is 0 Å². The molecule has 0 heterocycles. The monoisotopic (exact) mass is 141 g/mol. The van der Waals surface area contributed by atoms with Crippen molar-refractivity contribution in [2.24, 2.45) is 11.8 Å². The molecule has 1 aliphatic rings. The molecule has 0 aromatic rings. The standard InChI is InChI=1S/C9H19N/c1-3-4-8-5-9(6-8)7-10-2/h8-10H,3-7H2,1-2H3. The van der Waals surface area contributed by atoms with E-state index in [1.54, 1.807) is 0 Å². The van der Waals surface area contributed by atoms with Crippen LogP contribution in [0.5, 0.6) is 0 Å². The van der Waals surface area contributed by atoms with Crippen LogP contribution in [0.3, 0.4) is 0 Å². The maximum absolute atomic E-state index is 3.23. The van der Waals surface area contributed by atoms with Crippen LogP contribution in [-0.2, 0) is 0 Å². The fourth-order valence-electron chi connectivity index (χ4n) is 1.97. The number of hydrogen-bond acceptors (Lipinski definition) is 1. The van der Waals surface area contributed by atoms with Crippen molar-refractivity contribution in [3.05, 3.63) is 0 Å². The first-order valence-corrected chi connectivity index (χ1v) is 4.51. The molecule has 1 aliphatic carbocycles. The van der Waals surface area contributed by atoms with Crippen molar-refractivity contribution in [1.82, 2.24) is 5.32 Å². The predicted octanol–water partition coefficient (Wildman–Crippen LogP) is 2.03. The van der Waals surface area contributed by atoms with E-state index >= 15 is 0 Å². The maximum Gasteiger partial charge on any atom is -0.00233 e. The Labute approximate surface area is 64.2 Å². The van der Waals surface area contributed by atoms with Gasteiger partial charge >= 0.3 is 0 Å². The quantitative estimate of drug-likeness (QED) is 0.631. The zero-order valence-corrected chi connectivity index (χ0v) is 7.19. The summed E-state index contributed by atoms with van der Waals surface area (Å²) in [4.78, 5) is 0. The molecule has 0 saturated heterocycles. The lowest BCUT2D eigenvalue weighted by atomic mass is 9.73. The van der Waals surface area contributed by atoms with Gasteiger partial charge in [0.25, 0.3) is 0 Å². The molecule has 0 amide bonds. The molecule has 1 rings (SSSR count). The zero-order chi connectivity index (χ0) is 7.40. The molecular formula is C9H19N. The van der Waals surface area contributed by atoms with Gasteiger partial charge in [-0.15, -0.1) is 0 Å². The van der Waals surface area contributed by atoms with Gasteiger partial charge < -0.3 is 5.32 Å². The third-order valence-electron chi connectivity index (χ3n) is 2.52. The van der Waals surface area contributed by atoms with Crippen LogP contribution in [0.15, 0.2) is 0 Å². The molecule has 60 valence electrons. The Kier molecular flexibility index (Phi) is 3.20. The molecule has 0 spiro atoms. The highest BCUT2D eigenvalue weighted by atomic mass is 14.8.